The van der Waals surface area contributed by atoms with Crippen LogP contribution in [0, 0.1) is 23.7 Å². The molecule has 7 N–H and O–H groups in total. The van der Waals surface area contributed by atoms with Gasteiger partial charge in [0.05, 0.1) is 172 Å². The summed E-state index contributed by atoms with van der Waals surface area (Å²) in [5.74, 6) is -5.39. The number of anilines is 1. The molecule has 0 radical (unpaired) electrons. The lowest BCUT2D eigenvalue weighted by molar-refractivity contribution is -0.292. The number of carbonyl (C=O) groups excluding carboxylic acids is 9. The number of nitrogens with zero attached hydrogens (tertiary/aromatic N) is 5. The third-order valence-corrected chi connectivity index (χ3v) is 23.9. The summed E-state index contributed by atoms with van der Waals surface area (Å²) in [5.41, 5.74) is 8.94. The highest BCUT2D eigenvalue weighted by Gasteiger charge is 2.69. The number of benzene rings is 1. The van der Waals surface area contributed by atoms with E-state index in [1.165, 1.54) is 0 Å². The fourth-order valence-corrected chi connectivity index (χ4v) is 17.7. The van der Waals surface area contributed by atoms with Crippen molar-refractivity contribution in [2.45, 2.75) is 278 Å². The molecule has 21 atom stereocenters. The van der Waals surface area contributed by atoms with E-state index in [1.54, 1.807) is 63.1 Å². The van der Waals surface area contributed by atoms with Gasteiger partial charge in [0, 0.05) is 121 Å². The Hall–Kier alpha value is -7.35. The standard InChI is InChI=1S/C83H121N9O27.CH3NS/c1-48(2)73(88-69(96)20-25-104-28-31-107-33-30-106-27-24-91-45-55(89-90-91)47-109-35-34-108-32-29-105-26-21-72(99)119-92-70(97)17-18-71(92)98)62(95)38-53(8-7-23-85-81(84)101)80(100)87-54-11-9-52(10-12-54)46-110-82(102)86-44-57(94)41-67-74(103-6)61-40-56(93)39-59-14-16-64-75(113-59)79-78-77(115-64)76-68(116-78)43-83(117-76,118-79)22-19-60-37-50(4)63(111-60)15-13-58-36-49(3)51(5)65(112-58)42-66(61)114-67;1-2-3/h9-12,45,48-49,53,57-61,63-68,73-79,94H,4-5,7-8,13-44,46-47H2,1-3,6H3,(H,86,102)(H,87,100)(H,88,96)(H3,84,85,101);1H3/t49-,53-,57+,58+,59-,60+,61+,63+,64+,65-,66+,67-,68-,73+,74-,75+,76+,77+,78-,79+,83+;/m1./s1. The molecular formula is C84H124N10O27S. The predicted octanol–water partition coefficient (Wildman–Crippen LogP) is 5.13. The molecule has 12 bridgehead atoms. The van der Waals surface area contributed by atoms with Crippen LogP contribution in [0.2, 0.25) is 0 Å². The minimum Gasteiger partial charge on any atom is -0.445 e. The number of rotatable bonds is 42. The first-order valence-electron chi connectivity index (χ1n) is 43.0. The van der Waals surface area contributed by atoms with Gasteiger partial charge in [-0.15, -0.1) is 10.2 Å². The van der Waals surface area contributed by atoms with Crippen molar-refractivity contribution in [1.82, 2.24) is 36.0 Å². The minimum absolute atomic E-state index is 0.00814. The first kappa shape index (κ1) is 95.3. The van der Waals surface area contributed by atoms with E-state index < -0.39 is 108 Å². The van der Waals surface area contributed by atoms with Crippen molar-refractivity contribution in [1.29, 1.82) is 0 Å². The fraction of sp³-hybridized carbons (Fsp3) is 0.750. The summed E-state index contributed by atoms with van der Waals surface area (Å²) >= 11 is 4.02. The zero-order valence-corrected chi connectivity index (χ0v) is 71.5. The smallest absolute Gasteiger partial charge is 0.407 e. The molecule has 37 nitrogen and oxygen atoms in total. The number of alkyl carbamates (subject to hydrolysis) is 1. The topological polar surface area (TPSA) is 451 Å². The highest BCUT2D eigenvalue weighted by atomic mass is 32.1. The number of aliphatic hydroxyl groups is 1. The van der Waals surface area contributed by atoms with Crippen molar-refractivity contribution in [3.05, 3.63) is 66.0 Å². The Morgan fingerprint density at radius 3 is 2.09 bits per heavy atom. The van der Waals surface area contributed by atoms with Crippen LogP contribution in [0.25, 0.3) is 0 Å². The number of imide groups is 1. The maximum Gasteiger partial charge on any atom is 0.407 e. The summed E-state index contributed by atoms with van der Waals surface area (Å²) < 4.78 is 105. The number of nitrogens with one attached hydrogen (secondary N) is 4. The number of primary amides is 1. The molecule has 2 aromatic rings. The Kier molecular flexibility index (Phi) is 36.9. The molecule has 12 heterocycles. The minimum atomic E-state index is -1.11. The number of nitrogens with two attached hydrogens (primary N) is 1. The number of aliphatic hydroxyl groups excluding tert-OH is 1. The van der Waals surface area contributed by atoms with Gasteiger partial charge >= 0.3 is 18.1 Å². The molecule has 11 saturated heterocycles. The third-order valence-electron chi connectivity index (χ3n) is 23.9. The molecule has 0 unspecified atom stereocenters. The Morgan fingerprint density at radius 2 is 1.38 bits per heavy atom. The molecule has 11 aliphatic heterocycles. The summed E-state index contributed by atoms with van der Waals surface area (Å²) in [7, 11) is 3.15. The van der Waals surface area contributed by atoms with Gasteiger partial charge in [0.2, 0.25) is 11.8 Å². The summed E-state index contributed by atoms with van der Waals surface area (Å²) in [4.78, 5) is 120. The van der Waals surface area contributed by atoms with Gasteiger partial charge in [-0.05, 0) is 98.5 Å². The predicted molar refractivity (Wildman–Crippen MR) is 433 cm³/mol. The van der Waals surface area contributed by atoms with E-state index in [1.807, 2.05) is 0 Å². The van der Waals surface area contributed by atoms with Gasteiger partial charge in [-0.25, -0.2) is 23.4 Å². The maximum absolute atomic E-state index is 14.6. The quantitative estimate of drug-likeness (QED) is 0.0285. The van der Waals surface area contributed by atoms with E-state index in [-0.39, 0.29) is 202 Å². The Balaban J connectivity index is 0.00000477. The molecule has 11 fully saturated rings. The molecule has 1 aromatic heterocycles. The molecule has 13 rings (SSSR count). The fourth-order valence-electron chi connectivity index (χ4n) is 17.7. The van der Waals surface area contributed by atoms with E-state index in [9.17, 15) is 48.3 Å². The number of hydroxylamine groups is 2. The molecule has 0 saturated carbocycles. The number of fused-ring (bicyclic) bond motifs is 6. The Morgan fingerprint density at radius 1 is 0.721 bits per heavy atom. The SMILES string of the molecule is C=C1C[C@@H]2CC[C@@]34C[C@H]5O[C@H]6[C@@H](O3)[C@H]3O[C@H](CC[C@@H]3O[C@H]6[C@H]5O4)CC(=O)C[C@@H]3[C@@H](OC)[C@@H](C[C@H](O)CNC(=O)OCc4ccc(NC(=O)[C@H](CCCNC(N)=O)CC(=O)[C@@H](NC(=O)CCOCCOCCOCCn5cc(COCCOCCOCCC(=O)ON6C(=O)CCC6=O)nn5)C(C)C)cc4)O[C@H]3C[C@H]3O[C@@H](CC[C@@H]1O2)C[C@@H](C)C3=C.CN=S. The average molecular weight is 1740 g/mol. The van der Waals surface area contributed by atoms with Crippen molar-refractivity contribution in [3.8, 4) is 0 Å². The molecular weight excluding hydrogens is 1610 g/mol. The van der Waals surface area contributed by atoms with E-state index in [0.29, 0.717) is 100 Å². The zero-order chi connectivity index (χ0) is 86.8. The summed E-state index contributed by atoms with van der Waals surface area (Å²) in [5, 5.41) is 31.2. The number of hydrogen-bond acceptors (Lipinski definition) is 31. The number of Topliss-reactive ketones (excluding diaryl/α,β-unsaturated/α-hetero) is 2. The lowest BCUT2D eigenvalue weighted by atomic mass is 9.81. The van der Waals surface area contributed by atoms with Gasteiger partial charge in [-0.1, -0.05) is 51.3 Å². The van der Waals surface area contributed by atoms with Gasteiger partial charge in [-0.3, -0.25) is 28.8 Å². The van der Waals surface area contributed by atoms with E-state index in [0.717, 1.165) is 43.3 Å². The normalized spacial score (nSPS) is 29.9. The molecule has 1 spiro atoms. The van der Waals surface area contributed by atoms with Crippen LogP contribution in [-0.4, -0.2) is 288 Å². The van der Waals surface area contributed by atoms with Crippen LogP contribution in [0.4, 0.5) is 15.3 Å². The third kappa shape index (κ3) is 27.6. The van der Waals surface area contributed by atoms with Crippen molar-refractivity contribution in [3.63, 3.8) is 0 Å². The number of amides is 7. The van der Waals surface area contributed by atoms with Gasteiger partial charge in [0.1, 0.15) is 48.6 Å². The van der Waals surface area contributed by atoms with Gasteiger partial charge in [0.25, 0.3) is 11.8 Å². The molecule has 11 aliphatic rings. The first-order chi connectivity index (χ1) is 58.8. The zero-order valence-electron chi connectivity index (χ0n) is 70.7. The second-order valence-electron chi connectivity index (χ2n) is 33.2. The van der Waals surface area contributed by atoms with Crippen LogP contribution in [0.5, 0.6) is 0 Å². The molecule has 678 valence electrons. The number of ketones is 2. The number of aromatic nitrogens is 3. The molecule has 1 aromatic carbocycles. The number of methoxy groups -OCH3 is 1. The molecule has 122 heavy (non-hydrogen) atoms. The summed E-state index contributed by atoms with van der Waals surface area (Å²) in [6.45, 7) is 17.9. The lowest BCUT2D eigenvalue weighted by Gasteiger charge is -2.47. The number of urea groups is 1. The van der Waals surface area contributed by atoms with Crippen molar-refractivity contribution >= 4 is 71.4 Å². The Labute approximate surface area is 716 Å². The number of ether oxygens (including phenoxy) is 16. The van der Waals surface area contributed by atoms with Gasteiger partial charge in [-0.2, -0.15) is 0 Å². The highest BCUT2D eigenvalue weighted by Crippen LogP contribution is 2.55. The van der Waals surface area contributed by atoms with Crippen molar-refractivity contribution < 1.29 is 129 Å². The van der Waals surface area contributed by atoms with Crippen LogP contribution < -0.4 is 27.0 Å². The molecule has 7 amide bonds. The van der Waals surface area contributed by atoms with Crippen LogP contribution >= 0.6 is 0 Å². The van der Waals surface area contributed by atoms with E-state index >= 15 is 0 Å². The van der Waals surface area contributed by atoms with Gasteiger partial charge < -0.3 is 113 Å². The monoisotopic (exact) mass is 1740 g/mol. The number of hydrogen-bond donors (Lipinski definition) is 6. The summed E-state index contributed by atoms with van der Waals surface area (Å²) in [6.07, 6.45) is 2.27. The number of carbonyl (C=O) groups is 9. The summed E-state index contributed by atoms with van der Waals surface area (Å²) in [6, 6.07) is 4.94. The second-order valence-corrected chi connectivity index (χ2v) is 33.6. The van der Waals surface area contributed by atoms with Crippen LogP contribution in [-0.2, 0) is 146 Å². The van der Waals surface area contributed by atoms with Gasteiger partial charge in [0.15, 0.2) is 11.6 Å². The molecule has 0 aliphatic carbocycles. The molecule has 38 heteroatoms. The van der Waals surface area contributed by atoms with E-state index in [4.69, 9.17) is 86.4 Å². The Bertz CT molecular complexity index is 3810. The van der Waals surface area contributed by atoms with Crippen LogP contribution in [0.1, 0.15) is 160 Å². The lowest BCUT2D eigenvalue weighted by Crippen LogP contribution is -2.61. The maximum atomic E-state index is 14.6. The highest BCUT2D eigenvalue weighted by molar-refractivity contribution is 7.47. The van der Waals surface area contributed by atoms with Crippen molar-refractivity contribution in [2.75, 3.05) is 105 Å². The van der Waals surface area contributed by atoms with Crippen LogP contribution in [0.3, 0.4) is 0 Å². The first-order valence-corrected chi connectivity index (χ1v) is 43.4. The average Bonchev–Trinajstić information content (AvgIpc) is 1.55. The largest absolute Gasteiger partial charge is 0.445 e. The van der Waals surface area contributed by atoms with Crippen molar-refractivity contribution in [2.24, 2.45) is 33.8 Å². The van der Waals surface area contributed by atoms with Crippen LogP contribution in [0.15, 0.2) is 59.1 Å². The second kappa shape index (κ2) is 47.3. The van der Waals surface area contributed by atoms with E-state index in [2.05, 4.69) is 68.4 Å².